The second-order valence-corrected chi connectivity index (χ2v) is 6.15. The van der Waals surface area contributed by atoms with Crippen LogP contribution in [-0.2, 0) is 4.79 Å². The van der Waals surface area contributed by atoms with Gasteiger partial charge < -0.3 is 16.8 Å². The number of rotatable bonds is 8. The largest absolute Gasteiger partial charge is 0.344 e. The van der Waals surface area contributed by atoms with Crippen molar-refractivity contribution in [2.45, 2.75) is 38.3 Å². The van der Waals surface area contributed by atoms with Crippen LogP contribution in [0.4, 0.5) is 0 Å². The Bertz CT molecular complexity index is 625. The number of carbonyl (C=O) groups is 1. The predicted molar refractivity (Wildman–Crippen MR) is 98.5 cm³/mol. The molecule has 0 aliphatic heterocycles. The van der Waals surface area contributed by atoms with Gasteiger partial charge in [0, 0.05) is 0 Å². The Hall–Kier alpha value is -2.17. The predicted octanol–water partition coefficient (Wildman–Crippen LogP) is 2.66. The van der Waals surface area contributed by atoms with E-state index in [2.05, 4.69) is 17.4 Å². The average Bonchev–Trinajstić information content (AvgIpc) is 2.61. The van der Waals surface area contributed by atoms with Gasteiger partial charge in [-0.2, -0.15) is 0 Å². The Morgan fingerprint density at radius 1 is 1.00 bits per heavy atom. The maximum absolute atomic E-state index is 12.5. The molecule has 0 heterocycles. The number of nitrogens with two attached hydrogens (primary N) is 2. The van der Waals surface area contributed by atoms with E-state index in [0.717, 1.165) is 24.0 Å². The smallest absolute Gasteiger partial charge is 0.237 e. The maximum atomic E-state index is 12.5. The quantitative estimate of drug-likeness (QED) is 0.653. The Labute approximate surface area is 144 Å². The zero-order valence-electron chi connectivity index (χ0n) is 14.2. The van der Waals surface area contributed by atoms with Crippen molar-refractivity contribution >= 4 is 5.91 Å². The fraction of sp³-hybridized carbons (Fsp3) is 0.350. The zero-order valence-corrected chi connectivity index (χ0v) is 14.2. The van der Waals surface area contributed by atoms with Gasteiger partial charge in [-0.3, -0.25) is 4.79 Å². The van der Waals surface area contributed by atoms with Crippen molar-refractivity contribution in [3.05, 3.63) is 71.3 Å². The van der Waals surface area contributed by atoms with Crippen molar-refractivity contribution < 1.29 is 4.79 Å². The Morgan fingerprint density at radius 3 is 2.25 bits per heavy atom. The van der Waals surface area contributed by atoms with Crippen molar-refractivity contribution in [3.63, 3.8) is 0 Å². The Balaban J connectivity index is 2.14. The number of benzene rings is 2. The molecule has 0 saturated carbocycles. The van der Waals surface area contributed by atoms with Gasteiger partial charge >= 0.3 is 0 Å². The lowest BCUT2D eigenvalue weighted by atomic mass is 9.97. The van der Waals surface area contributed by atoms with E-state index in [-0.39, 0.29) is 11.9 Å². The van der Waals surface area contributed by atoms with Crippen molar-refractivity contribution in [2.75, 3.05) is 6.54 Å². The van der Waals surface area contributed by atoms with Gasteiger partial charge in [0.1, 0.15) is 0 Å². The number of amides is 1. The van der Waals surface area contributed by atoms with Crippen molar-refractivity contribution in [1.82, 2.24) is 5.32 Å². The van der Waals surface area contributed by atoms with Gasteiger partial charge in [0.15, 0.2) is 0 Å². The molecule has 2 unspecified atom stereocenters. The third-order valence-corrected chi connectivity index (χ3v) is 4.14. The van der Waals surface area contributed by atoms with Crippen LogP contribution in [0.25, 0.3) is 0 Å². The molecule has 0 bridgehead atoms. The number of carbonyl (C=O) groups excluding carboxylic acids is 1. The molecule has 24 heavy (non-hydrogen) atoms. The van der Waals surface area contributed by atoms with E-state index in [9.17, 15) is 4.79 Å². The third-order valence-electron chi connectivity index (χ3n) is 4.14. The van der Waals surface area contributed by atoms with Crippen molar-refractivity contribution in [2.24, 2.45) is 11.5 Å². The number of unbranched alkanes of at least 4 members (excludes halogenated alkanes) is 1. The summed E-state index contributed by atoms with van der Waals surface area (Å²) in [7, 11) is 0. The lowest BCUT2D eigenvalue weighted by molar-refractivity contribution is -0.123. The zero-order chi connectivity index (χ0) is 17.4. The van der Waals surface area contributed by atoms with E-state index in [4.69, 9.17) is 11.5 Å². The summed E-state index contributed by atoms with van der Waals surface area (Å²) in [4.78, 5) is 12.5. The van der Waals surface area contributed by atoms with Gasteiger partial charge in [-0.15, -0.1) is 0 Å². The van der Waals surface area contributed by atoms with E-state index >= 15 is 0 Å². The van der Waals surface area contributed by atoms with Crippen molar-refractivity contribution in [1.29, 1.82) is 0 Å². The second kappa shape index (κ2) is 9.21. The molecular weight excluding hydrogens is 298 g/mol. The van der Waals surface area contributed by atoms with Gasteiger partial charge in [-0.25, -0.2) is 0 Å². The van der Waals surface area contributed by atoms with Crippen LogP contribution in [0.5, 0.6) is 0 Å². The molecule has 128 valence electrons. The summed E-state index contributed by atoms with van der Waals surface area (Å²) >= 11 is 0. The summed E-state index contributed by atoms with van der Waals surface area (Å²) < 4.78 is 0. The monoisotopic (exact) mass is 325 g/mol. The van der Waals surface area contributed by atoms with Crippen LogP contribution >= 0.6 is 0 Å². The number of aryl methyl sites for hydroxylation is 1. The molecule has 0 aliphatic carbocycles. The number of hydrogen-bond donors (Lipinski definition) is 3. The molecule has 2 atom stereocenters. The van der Waals surface area contributed by atoms with Crippen LogP contribution in [0.3, 0.4) is 0 Å². The highest BCUT2D eigenvalue weighted by molar-refractivity contribution is 5.82. The first kappa shape index (κ1) is 18.2. The van der Waals surface area contributed by atoms with E-state index in [1.807, 2.05) is 49.4 Å². The molecule has 0 fully saturated rings. The average molecular weight is 325 g/mol. The van der Waals surface area contributed by atoms with Gasteiger partial charge in [-0.05, 0) is 37.4 Å². The molecule has 4 heteroatoms. The molecule has 5 N–H and O–H groups in total. The minimum Gasteiger partial charge on any atom is -0.344 e. The number of hydrogen-bond acceptors (Lipinski definition) is 3. The second-order valence-electron chi connectivity index (χ2n) is 6.15. The SMILES string of the molecule is Cc1ccc(C(NC(=O)C(N)CCCCN)c2ccccc2)cc1. The first-order valence-electron chi connectivity index (χ1n) is 8.49. The topological polar surface area (TPSA) is 81.1 Å². The summed E-state index contributed by atoms with van der Waals surface area (Å²) in [5, 5.41) is 3.10. The lowest BCUT2D eigenvalue weighted by Crippen LogP contribution is -2.42. The van der Waals surface area contributed by atoms with Gasteiger partial charge in [-0.1, -0.05) is 66.6 Å². The van der Waals surface area contributed by atoms with Crippen LogP contribution < -0.4 is 16.8 Å². The highest BCUT2D eigenvalue weighted by atomic mass is 16.2. The standard InChI is InChI=1S/C20H27N3O/c1-15-10-12-17(13-11-15)19(16-7-3-2-4-8-16)23-20(24)18(22)9-5-6-14-21/h2-4,7-8,10-13,18-19H,5-6,9,14,21-22H2,1H3,(H,23,24). The molecule has 1 amide bonds. The normalized spacial score (nSPS) is 13.3. The molecule has 2 aromatic carbocycles. The minimum atomic E-state index is -0.506. The summed E-state index contributed by atoms with van der Waals surface area (Å²) in [6.07, 6.45) is 2.41. The third kappa shape index (κ3) is 5.18. The highest BCUT2D eigenvalue weighted by Gasteiger charge is 2.20. The molecule has 2 rings (SSSR count). The molecular formula is C20H27N3O. The van der Waals surface area contributed by atoms with Crippen LogP contribution in [0.2, 0.25) is 0 Å². The number of nitrogens with one attached hydrogen (secondary N) is 1. The maximum Gasteiger partial charge on any atom is 0.237 e. The van der Waals surface area contributed by atoms with E-state index in [0.29, 0.717) is 13.0 Å². The molecule has 0 radical (unpaired) electrons. The summed E-state index contributed by atoms with van der Waals surface area (Å²) in [6.45, 7) is 2.68. The van der Waals surface area contributed by atoms with Gasteiger partial charge in [0.2, 0.25) is 5.91 Å². The van der Waals surface area contributed by atoms with E-state index < -0.39 is 6.04 Å². The molecule has 0 aliphatic rings. The first-order valence-corrected chi connectivity index (χ1v) is 8.49. The summed E-state index contributed by atoms with van der Waals surface area (Å²) in [5.74, 6) is -0.124. The Kier molecular flexibility index (Phi) is 6.97. The van der Waals surface area contributed by atoms with Gasteiger partial charge in [0.05, 0.1) is 12.1 Å². The molecule has 2 aromatic rings. The van der Waals surface area contributed by atoms with Crippen LogP contribution in [0, 0.1) is 6.92 Å². The lowest BCUT2D eigenvalue weighted by Gasteiger charge is -2.22. The minimum absolute atomic E-state index is 0.124. The summed E-state index contributed by atoms with van der Waals surface area (Å²) in [6, 6.07) is 17.5. The fourth-order valence-electron chi connectivity index (χ4n) is 2.65. The molecule has 4 nitrogen and oxygen atoms in total. The summed E-state index contributed by atoms with van der Waals surface area (Å²) in [5.41, 5.74) is 14.8. The van der Waals surface area contributed by atoms with Crippen LogP contribution in [-0.4, -0.2) is 18.5 Å². The van der Waals surface area contributed by atoms with Gasteiger partial charge in [0.25, 0.3) is 0 Å². The van der Waals surface area contributed by atoms with Crippen LogP contribution in [0.15, 0.2) is 54.6 Å². The van der Waals surface area contributed by atoms with Crippen molar-refractivity contribution in [3.8, 4) is 0 Å². The molecule has 0 aromatic heterocycles. The van der Waals surface area contributed by atoms with E-state index in [1.165, 1.54) is 5.56 Å². The Morgan fingerprint density at radius 2 is 1.62 bits per heavy atom. The van der Waals surface area contributed by atoms with Crippen LogP contribution in [0.1, 0.15) is 42.0 Å². The molecule has 0 spiro atoms. The fourth-order valence-corrected chi connectivity index (χ4v) is 2.65. The highest BCUT2D eigenvalue weighted by Crippen LogP contribution is 2.22. The molecule has 0 saturated heterocycles. The van der Waals surface area contributed by atoms with E-state index in [1.54, 1.807) is 0 Å². The first-order chi connectivity index (χ1) is 11.6.